The van der Waals surface area contributed by atoms with Crippen LogP contribution in [-0.4, -0.2) is 22.8 Å². The first kappa shape index (κ1) is 19.5. The molecule has 2 N–H and O–H groups in total. The van der Waals surface area contributed by atoms with Crippen LogP contribution in [0.2, 0.25) is 0 Å². The van der Waals surface area contributed by atoms with E-state index in [1.807, 2.05) is 0 Å². The third kappa shape index (κ3) is 3.62. The molecular formula is C21H16ClF3N2O2. The Balaban J connectivity index is 1.79. The smallest absolute Gasteiger partial charge is 0.352 e. The summed E-state index contributed by atoms with van der Waals surface area (Å²) in [4.78, 5) is 27.4. The molecule has 1 aromatic heterocycles. The van der Waals surface area contributed by atoms with E-state index < -0.39 is 23.2 Å². The van der Waals surface area contributed by atoms with Crippen LogP contribution in [0.4, 0.5) is 13.2 Å². The van der Waals surface area contributed by atoms with Crippen molar-refractivity contribution in [1.29, 1.82) is 0 Å². The summed E-state index contributed by atoms with van der Waals surface area (Å²) in [5, 5.41) is 3.62. The van der Waals surface area contributed by atoms with Crippen LogP contribution < -0.4 is 10.9 Å². The number of amides is 1. The molecule has 0 saturated carbocycles. The minimum atomic E-state index is -4.54. The molecule has 1 aliphatic heterocycles. The van der Waals surface area contributed by atoms with Gasteiger partial charge in [-0.1, -0.05) is 30.3 Å². The summed E-state index contributed by atoms with van der Waals surface area (Å²) in [5.41, 5.74) is -0.659. The fourth-order valence-electron chi connectivity index (χ4n) is 3.75. The number of pyridine rings is 1. The highest BCUT2D eigenvalue weighted by Gasteiger charge is 2.34. The lowest BCUT2D eigenvalue weighted by Crippen LogP contribution is -2.27. The molecule has 1 aliphatic rings. The van der Waals surface area contributed by atoms with Crippen molar-refractivity contribution < 1.29 is 18.0 Å². The van der Waals surface area contributed by atoms with Crippen LogP contribution in [0.5, 0.6) is 0 Å². The number of carbonyl (C=O) groups is 1. The van der Waals surface area contributed by atoms with Gasteiger partial charge in [-0.25, -0.2) is 0 Å². The number of hydrogen-bond donors (Lipinski definition) is 2. The second-order valence-corrected chi connectivity index (χ2v) is 7.36. The van der Waals surface area contributed by atoms with Gasteiger partial charge in [-0.2, -0.15) is 13.2 Å². The second kappa shape index (κ2) is 7.22. The zero-order valence-corrected chi connectivity index (χ0v) is 15.8. The summed E-state index contributed by atoms with van der Waals surface area (Å²) in [7, 11) is 0. The summed E-state index contributed by atoms with van der Waals surface area (Å²) < 4.78 is 40.0. The Morgan fingerprint density at radius 3 is 2.52 bits per heavy atom. The highest BCUT2D eigenvalue weighted by molar-refractivity contribution is 6.18. The summed E-state index contributed by atoms with van der Waals surface area (Å²) >= 11 is 5.82. The summed E-state index contributed by atoms with van der Waals surface area (Å²) in [5.74, 6) is -0.256. The molecule has 0 spiro atoms. The lowest BCUT2D eigenvalue weighted by Gasteiger charge is -2.14. The van der Waals surface area contributed by atoms with Crippen LogP contribution in [0.1, 0.15) is 23.5 Å². The number of fused-ring (bicyclic) bond motifs is 1. The first-order valence-corrected chi connectivity index (χ1v) is 9.51. The number of hydrogen-bond acceptors (Lipinski definition) is 2. The van der Waals surface area contributed by atoms with E-state index in [-0.39, 0.29) is 23.2 Å². The summed E-state index contributed by atoms with van der Waals surface area (Å²) in [6.07, 6.45) is -4.01. The van der Waals surface area contributed by atoms with Crippen molar-refractivity contribution in [3.8, 4) is 11.3 Å². The molecule has 3 aromatic rings. The Kier molecular flexibility index (Phi) is 4.86. The Morgan fingerprint density at radius 1 is 1.07 bits per heavy atom. The maximum Gasteiger partial charge on any atom is 0.417 e. The van der Waals surface area contributed by atoms with Crippen LogP contribution in [-0.2, 0) is 11.0 Å². The zero-order chi connectivity index (χ0) is 20.8. The average Bonchev–Trinajstić information content (AvgIpc) is 3.08. The number of rotatable bonds is 3. The largest absolute Gasteiger partial charge is 0.417 e. The number of aromatic nitrogens is 1. The minimum Gasteiger partial charge on any atom is -0.352 e. The maximum absolute atomic E-state index is 13.3. The van der Waals surface area contributed by atoms with E-state index in [9.17, 15) is 22.8 Å². The number of nitrogens with one attached hydrogen (secondary N) is 2. The molecule has 1 fully saturated rings. The Labute approximate surface area is 168 Å². The minimum absolute atomic E-state index is 0.0870. The fraction of sp³-hybridized carbons (Fsp3) is 0.238. The molecule has 150 valence electrons. The van der Waals surface area contributed by atoms with Gasteiger partial charge in [0.25, 0.3) is 5.56 Å². The molecule has 4 nitrogen and oxygen atoms in total. The fourth-order valence-corrected chi connectivity index (χ4v) is 3.95. The third-order valence-electron chi connectivity index (χ3n) is 5.16. The molecule has 0 aliphatic carbocycles. The van der Waals surface area contributed by atoms with Gasteiger partial charge in [0.05, 0.1) is 11.5 Å². The highest BCUT2D eigenvalue weighted by Crippen LogP contribution is 2.37. The van der Waals surface area contributed by atoms with Crippen LogP contribution in [0.3, 0.4) is 0 Å². The molecule has 1 amide bonds. The molecule has 0 radical (unpaired) electrons. The van der Waals surface area contributed by atoms with Gasteiger partial charge in [-0.3, -0.25) is 9.59 Å². The van der Waals surface area contributed by atoms with Crippen LogP contribution in [0.25, 0.3) is 22.0 Å². The van der Waals surface area contributed by atoms with Crippen molar-refractivity contribution in [2.24, 2.45) is 0 Å². The first-order chi connectivity index (χ1) is 13.8. The maximum atomic E-state index is 13.3. The van der Waals surface area contributed by atoms with E-state index >= 15 is 0 Å². The standard InChI is InChI=1S/C21H16ClF3N2O2/c22-10-13-9-16(19(28)26-13)11-5-6-12-8-18(27-20(29)15(12)7-11)14-3-1-2-4-17(14)21(23,24)25/h1-8,13,16H,9-10H2,(H,26,28)(H,27,29). The van der Waals surface area contributed by atoms with Gasteiger partial charge >= 0.3 is 6.18 Å². The molecule has 0 bridgehead atoms. The number of halogens is 4. The van der Waals surface area contributed by atoms with E-state index in [0.29, 0.717) is 28.6 Å². The van der Waals surface area contributed by atoms with E-state index in [1.54, 1.807) is 18.2 Å². The van der Waals surface area contributed by atoms with Crippen molar-refractivity contribution in [2.45, 2.75) is 24.6 Å². The molecule has 4 rings (SSSR count). The van der Waals surface area contributed by atoms with Crippen LogP contribution in [0.15, 0.2) is 53.3 Å². The van der Waals surface area contributed by atoms with E-state index in [0.717, 1.165) is 6.07 Å². The molecule has 2 unspecified atom stereocenters. The number of benzene rings is 2. The van der Waals surface area contributed by atoms with Gasteiger partial charge < -0.3 is 10.3 Å². The predicted molar refractivity (Wildman–Crippen MR) is 105 cm³/mol. The molecule has 2 aromatic carbocycles. The average molecular weight is 421 g/mol. The lowest BCUT2D eigenvalue weighted by molar-refractivity contribution is -0.137. The van der Waals surface area contributed by atoms with Gasteiger partial charge in [0.15, 0.2) is 0 Å². The van der Waals surface area contributed by atoms with E-state index in [4.69, 9.17) is 11.6 Å². The van der Waals surface area contributed by atoms with Crippen LogP contribution >= 0.6 is 11.6 Å². The Hall–Kier alpha value is -2.80. The van der Waals surface area contributed by atoms with Crippen LogP contribution in [0, 0.1) is 0 Å². The van der Waals surface area contributed by atoms with Gasteiger partial charge in [0.2, 0.25) is 5.91 Å². The van der Waals surface area contributed by atoms with Crippen molar-refractivity contribution in [2.75, 3.05) is 5.88 Å². The number of H-pyrrole nitrogens is 1. The normalized spacial score (nSPS) is 19.5. The topological polar surface area (TPSA) is 62.0 Å². The highest BCUT2D eigenvalue weighted by atomic mass is 35.5. The Bertz CT molecular complexity index is 1160. The Morgan fingerprint density at radius 2 is 1.83 bits per heavy atom. The van der Waals surface area contributed by atoms with Gasteiger partial charge in [0, 0.05) is 28.6 Å². The summed E-state index contributed by atoms with van der Waals surface area (Å²) in [6, 6.07) is 11.5. The van der Waals surface area contributed by atoms with E-state index in [1.165, 1.54) is 24.3 Å². The van der Waals surface area contributed by atoms with Crippen molar-refractivity contribution in [1.82, 2.24) is 10.3 Å². The lowest BCUT2D eigenvalue weighted by atomic mass is 9.93. The molecule has 1 saturated heterocycles. The molecule has 2 atom stereocenters. The van der Waals surface area contributed by atoms with Gasteiger partial charge in [0.1, 0.15) is 0 Å². The number of alkyl halides is 4. The molecular weight excluding hydrogens is 405 g/mol. The third-order valence-corrected chi connectivity index (χ3v) is 5.54. The monoisotopic (exact) mass is 420 g/mol. The second-order valence-electron chi connectivity index (χ2n) is 7.05. The van der Waals surface area contributed by atoms with Crippen molar-refractivity contribution in [3.63, 3.8) is 0 Å². The SMILES string of the molecule is O=C1NC(CCl)CC1c1ccc2cc(-c3ccccc3C(F)(F)F)[nH]c(=O)c2c1. The quantitative estimate of drug-likeness (QED) is 0.616. The van der Waals surface area contributed by atoms with Crippen molar-refractivity contribution in [3.05, 3.63) is 70.0 Å². The summed E-state index contributed by atoms with van der Waals surface area (Å²) in [6.45, 7) is 0. The number of aromatic amines is 1. The zero-order valence-electron chi connectivity index (χ0n) is 15.0. The predicted octanol–water partition coefficient (Wildman–Crippen LogP) is 4.42. The molecule has 2 heterocycles. The van der Waals surface area contributed by atoms with E-state index in [2.05, 4.69) is 10.3 Å². The van der Waals surface area contributed by atoms with Gasteiger partial charge in [-0.15, -0.1) is 11.6 Å². The first-order valence-electron chi connectivity index (χ1n) is 8.98. The van der Waals surface area contributed by atoms with Gasteiger partial charge in [-0.05, 0) is 35.6 Å². The molecule has 29 heavy (non-hydrogen) atoms. The molecule has 8 heteroatoms. The number of carbonyl (C=O) groups excluding carboxylic acids is 1. The van der Waals surface area contributed by atoms with Crippen molar-refractivity contribution >= 4 is 28.3 Å².